The molecule has 0 aromatic heterocycles. The van der Waals surface area contributed by atoms with Crippen LogP contribution in [0.15, 0.2) is 0 Å². The molecule has 1 atom stereocenters. The molecule has 1 unspecified atom stereocenters. The lowest BCUT2D eigenvalue weighted by atomic mass is 10.2. The third-order valence-corrected chi connectivity index (χ3v) is 2.01. The quantitative estimate of drug-likeness (QED) is 0.709. The van der Waals surface area contributed by atoms with Crippen molar-refractivity contribution in [3.63, 3.8) is 0 Å². The number of methoxy groups -OCH3 is 1. The standard InChI is InChI=1S/C13H23NO3/c1-8-11(9-16-7)14(10(2)3)12(15)17-13(4,5)6/h1,10-11H,9H2,2-7H3. The van der Waals surface area contributed by atoms with Gasteiger partial charge in [-0.05, 0) is 34.6 Å². The molecule has 4 nitrogen and oxygen atoms in total. The Kier molecular flexibility index (Phi) is 6.04. The molecule has 0 saturated carbocycles. The Morgan fingerprint density at radius 2 is 1.94 bits per heavy atom. The highest BCUT2D eigenvalue weighted by Gasteiger charge is 2.29. The van der Waals surface area contributed by atoms with E-state index in [4.69, 9.17) is 15.9 Å². The van der Waals surface area contributed by atoms with E-state index in [0.717, 1.165) is 0 Å². The second-order valence-corrected chi connectivity index (χ2v) is 5.12. The number of ether oxygens (including phenoxy) is 2. The Bertz CT molecular complexity index is 286. The molecule has 0 bridgehead atoms. The van der Waals surface area contributed by atoms with Crippen molar-refractivity contribution >= 4 is 6.09 Å². The summed E-state index contributed by atoms with van der Waals surface area (Å²) in [7, 11) is 1.55. The zero-order chi connectivity index (χ0) is 13.6. The Morgan fingerprint density at radius 3 is 2.24 bits per heavy atom. The van der Waals surface area contributed by atoms with Crippen molar-refractivity contribution in [2.75, 3.05) is 13.7 Å². The summed E-state index contributed by atoms with van der Waals surface area (Å²) in [6, 6.07) is -0.448. The molecule has 0 spiro atoms. The normalized spacial score (nSPS) is 13.1. The van der Waals surface area contributed by atoms with Crippen LogP contribution in [-0.2, 0) is 9.47 Å². The average Bonchev–Trinajstić information content (AvgIpc) is 2.13. The summed E-state index contributed by atoms with van der Waals surface area (Å²) >= 11 is 0. The highest BCUT2D eigenvalue weighted by Crippen LogP contribution is 2.14. The van der Waals surface area contributed by atoms with Crippen LogP contribution in [-0.4, -0.2) is 42.4 Å². The molecule has 0 saturated heterocycles. The van der Waals surface area contributed by atoms with Gasteiger partial charge in [0.2, 0.25) is 0 Å². The van der Waals surface area contributed by atoms with Crippen molar-refractivity contribution in [2.45, 2.75) is 52.3 Å². The van der Waals surface area contributed by atoms with Crippen molar-refractivity contribution in [1.29, 1.82) is 0 Å². The smallest absolute Gasteiger partial charge is 0.411 e. The molecule has 17 heavy (non-hydrogen) atoms. The minimum atomic E-state index is -0.531. The SMILES string of the molecule is C#CC(COC)N(C(=O)OC(C)(C)C)C(C)C. The van der Waals surface area contributed by atoms with E-state index in [1.807, 2.05) is 34.6 Å². The number of hydrogen-bond acceptors (Lipinski definition) is 3. The van der Waals surface area contributed by atoms with Crippen LogP contribution in [0.25, 0.3) is 0 Å². The molecule has 0 aliphatic heterocycles. The number of terminal acetylenes is 1. The summed E-state index contributed by atoms with van der Waals surface area (Å²) in [6.45, 7) is 9.56. The predicted octanol–water partition coefficient (Wildman–Crippen LogP) is 2.28. The molecule has 4 heteroatoms. The number of hydrogen-bond donors (Lipinski definition) is 0. The molecule has 0 rings (SSSR count). The zero-order valence-electron chi connectivity index (χ0n) is 11.6. The number of carbonyl (C=O) groups excluding carboxylic acids is 1. The van der Waals surface area contributed by atoms with Crippen molar-refractivity contribution in [2.24, 2.45) is 0 Å². The molecular formula is C13H23NO3. The fraction of sp³-hybridized carbons (Fsp3) is 0.769. The highest BCUT2D eigenvalue weighted by molar-refractivity contribution is 5.69. The van der Waals surface area contributed by atoms with Gasteiger partial charge in [-0.2, -0.15) is 0 Å². The molecular weight excluding hydrogens is 218 g/mol. The van der Waals surface area contributed by atoms with Gasteiger partial charge in [-0.25, -0.2) is 4.79 Å². The third kappa shape index (κ3) is 5.60. The lowest BCUT2D eigenvalue weighted by molar-refractivity contribution is 0.00568. The lowest BCUT2D eigenvalue weighted by Crippen LogP contribution is -2.48. The fourth-order valence-corrected chi connectivity index (χ4v) is 1.38. The van der Waals surface area contributed by atoms with Crippen LogP contribution in [0, 0.1) is 12.3 Å². The monoisotopic (exact) mass is 241 g/mol. The van der Waals surface area contributed by atoms with Crippen molar-refractivity contribution in [3.8, 4) is 12.3 Å². The van der Waals surface area contributed by atoms with E-state index < -0.39 is 17.7 Å². The molecule has 0 N–H and O–H groups in total. The van der Waals surface area contributed by atoms with E-state index in [1.165, 1.54) is 4.90 Å². The maximum absolute atomic E-state index is 12.0. The van der Waals surface area contributed by atoms with Gasteiger partial charge in [-0.15, -0.1) is 6.42 Å². The van der Waals surface area contributed by atoms with E-state index in [9.17, 15) is 4.79 Å². The largest absolute Gasteiger partial charge is 0.444 e. The van der Waals surface area contributed by atoms with Crippen molar-refractivity contribution < 1.29 is 14.3 Å². The minimum Gasteiger partial charge on any atom is -0.444 e. The van der Waals surface area contributed by atoms with Gasteiger partial charge in [0.1, 0.15) is 11.6 Å². The summed E-state index contributed by atoms with van der Waals surface area (Å²) in [6.07, 6.45) is 5.01. The van der Waals surface area contributed by atoms with Gasteiger partial charge in [-0.1, -0.05) is 5.92 Å². The van der Waals surface area contributed by atoms with Gasteiger partial charge in [0.25, 0.3) is 0 Å². The molecule has 0 aromatic carbocycles. The molecule has 0 fully saturated rings. The van der Waals surface area contributed by atoms with Crippen LogP contribution in [0.5, 0.6) is 0 Å². The predicted molar refractivity (Wildman–Crippen MR) is 67.7 cm³/mol. The summed E-state index contributed by atoms with van der Waals surface area (Å²) in [5.41, 5.74) is -0.531. The van der Waals surface area contributed by atoms with E-state index in [2.05, 4.69) is 5.92 Å². The first-order valence-corrected chi connectivity index (χ1v) is 5.69. The minimum absolute atomic E-state index is 0.0407. The van der Waals surface area contributed by atoms with E-state index in [0.29, 0.717) is 6.61 Å². The maximum Gasteiger partial charge on any atom is 0.411 e. The number of rotatable bonds is 4. The van der Waals surface area contributed by atoms with Gasteiger partial charge in [-0.3, -0.25) is 4.90 Å². The first kappa shape index (κ1) is 15.8. The van der Waals surface area contributed by atoms with Gasteiger partial charge in [0, 0.05) is 13.2 Å². The van der Waals surface area contributed by atoms with Gasteiger partial charge in [0.05, 0.1) is 6.61 Å². The number of nitrogens with zero attached hydrogens (tertiary/aromatic N) is 1. The van der Waals surface area contributed by atoms with Crippen LogP contribution >= 0.6 is 0 Å². The second kappa shape index (κ2) is 6.51. The van der Waals surface area contributed by atoms with Gasteiger partial charge in [0.15, 0.2) is 0 Å². The summed E-state index contributed by atoms with van der Waals surface area (Å²) < 4.78 is 10.3. The van der Waals surface area contributed by atoms with Crippen LogP contribution in [0.1, 0.15) is 34.6 Å². The first-order valence-electron chi connectivity index (χ1n) is 5.69. The number of carbonyl (C=O) groups is 1. The van der Waals surface area contributed by atoms with E-state index in [-0.39, 0.29) is 6.04 Å². The zero-order valence-corrected chi connectivity index (χ0v) is 11.6. The second-order valence-electron chi connectivity index (χ2n) is 5.12. The third-order valence-electron chi connectivity index (χ3n) is 2.01. The van der Waals surface area contributed by atoms with Crippen LogP contribution < -0.4 is 0 Å². The van der Waals surface area contributed by atoms with Gasteiger partial charge < -0.3 is 9.47 Å². The summed E-state index contributed by atoms with van der Waals surface area (Å²) in [4.78, 5) is 13.6. The molecule has 98 valence electrons. The molecule has 0 radical (unpaired) electrons. The van der Waals surface area contributed by atoms with E-state index >= 15 is 0 Å². The molecule has 0 heterocycles. The van der Waals surface area contributed by atoms with Crippen LogP contribution in [0.3, 0.4) is 0 Å². The Labute approximate surface area is 104 Å². The Hall–Kier alpha value is -1.21. The van der Waals surface area contributed by atoms with Gasteiger partial charge >= 0.3 is 6.09 Å². The van der Waals surface area contributed by atoms with Crippen molar-refractivity contribution in [1.82, 2.24) is 4.90 Å². The maximum atomic E-state index is 12.0. The first-order chi connectivity index (χ1) is 7.72. The highest BCUT2D eigenvalue weighted by atomic mass is 16.6. The summed E-state index contributed by atoms with van der Waals surface area (Å²) in [5, 5.41) is 0. The Balaban J connectivity index is 4.85. The van der Waals surface area contributed by atoms with Crippen molar-refractivity contribution in [3.05, 3.63) is 0 Å². The molecule has 0 aromatic rings. The van der Waals surface area contributed by atoms with E-state index in [1.54, 1.807) is 7.11 Å². The molecule has 1 amide bonds. The average molecular weight is 241 g/mol. The van der Waals surface area contributed by atoms with Crippen LogP contribution in [0.4, 0.5) is 4.79 Å². The fourth-order valence-electron chi connectivity index (χ4n) is 1.38. The Morgan fingerprint density at radius 1 is 1.41 bits per heavy atom. The molecule has 0 aliphatic carbocycles. The topological polar surface area (TPSA) is 38.8 Å². The van der Waals surface area contributed by atoms with Crippen LogP contribution in [0.2, 0.25) is 0 Å². The number of amides is 1. The summed E-state index contributed by atoms with van der Waals surface area (Å²) in [5.74, 6) is 2.55. The lowest BCUT2D eigenvalue weighted by Gasteiger charge is -2.33. The molecule has 0 aliphatic rings.